The van der Waals surface area contributed by atoms with E-state index >= 15 is 0 Å². The summed E-state index contributed by atoms with van der Waals surface area (Å²) in [6.07, 6.45) is 0. The first kappa shape index (κ1) is 18.2. The number of methoxy groups -OCH3 is 1. The molecule has 138 valence electrons. The Kier molecular flexibility index (Phi) is 5.27. The van der Waals surface area contributed by atoms with Crippen molar-refractivity contribution in [3.63, 3.8) is 0 Å². The summed E-state index contributed by atoms with van der Waals surface area (Å²) in [5, 5.41) is 5.32. The number of ether oxygens (including phenoxy) is 1. The molecule has 6 heteroatoms. The summed E-state index contributed by atoms with van der Waals surface area (Å²) < 4.78 is 6.20. The second-order valence-corrected chi connectivity index (χ2v) is 8.35. The molecule has 3 aromatic carbocycles. The zero-order chi connectivity index (χ0) is 18.8. The Bertz CT molecular complexity index is 995. The second-order valence-electron chi connectivity index (χ2n) is 6.30. The van der Waals surface area contributed by atoms with E-state index in [1.54, 1.807) is 18.9 Å². The first-order valence-corrected chi connectivity index (χ1v) is 10.5. The molecule has 1 aliphatic rings. The number of halogens is 1. The average Bonchev–Trinajstić information content (AvgIpc) is 3.18. The van der Waals surface area contributed by atoms with Crippen molar-refractivity contribution in [1.82, 2.24) is 4.90 Å². The minimum absolute atomic E-state index is 0.00679. The van der Waals surface area contributed by atoms with Gasteiger partial charge in [0.25, 0.3) is 0 Å². The molecule has 0 spiro atoms. The van der Waals surface area contributed by atoms with Crippen LogP contribution < -0.4 is 10.1 Å². The molecule has 4 nitrogen and oxygen atoms in total. The van der Waals surface area contributed by atoms with Gasteiger partial charge in [0.2, 0.25) is 0 Å². The predicted octanol–water partition coefficient (Wildman–Crippen LogP) is 5.89. The van der Waals surface area contributed by atoms with E-state index in [2.05, 4.69) is 27.3 Å². The number of benzene rings is 3. The van der Waals surface area contributed by atoms with Crippen LogP contribution >= 0.6 is 27.7 Å². The number of anilines is 1. The molecule has 0 saturated carbocycles. The van der Waals surface area contributed by atoms with E-state index in [-0.39, 0.29) is 11.4 Å². The van der Waals surface area contributed by atoms with Crippen molar-refractivity contribution in [3.05, 3.63) is 70.7 Å². The molecule has 1 N–H and O–H groups in total. The molecular weight excluding hydrogens is 424 g/mol. The van der Waals surface area contributed by atoms with Crippen LogP contribution in [-0.2, 0) is 0 Å². The third-order valence-electron chi connectivity index (χ3n) is 4.61. The van der Waals surface area contributed by atoms with Gasteiger partial charge in [0.15, 0.2) is 0 Å². The Morgan fingerprint density at radius 3 is 2.74 bits per heavy atom. The van der Waals surface area contributed by atoms with Crippen molar-refractivity contribution in [2.24, 2.45) is 0 Å². The summed E-state index contributed by atoms with van der Waals surface area (Å²) in [7, 11) is 1.65. The summed E-state index contributed by atoms with van der Waals surface area (Å²) in [6, 6.07) is 20.0. The van der Waals surface area contributed by atoms with E-state index in [0.717, 1.165) is 44.5 Å². The van der Waals surface area contributed by atoms with Gasteiger partial charge in [-0.05, 0) is 56.5 Å². The molecule has 3 aromatic rings. The first-order valence-electron chi connectivity index (χ1n) is 8.67. The maximum absolute atomic E-state index is 12.9. The smallest absolute Gasteiger partial charge is 0.323 e. The van der Waals surface area contributed by atoms with Gasteiger partial charge in [0, 0.05) is 18.0 Å². The highest BCUT2D eigenvalue weighted by molar-refractivity contribution is 9.10. The molecular formula is C21H19BrN2O2S. The van der Waals surface area contributed by atoms with Crippen LogP contribution in [0, 0.1) is 0 Å². The van der Waals surface area contributed by atoms with E-state index in [9.17, 15) is 4.79 Å². The summed E-state index contributed by atoms with van der Waals surface area (Å²) in [6.45, 7) is 0.721. The third-order valence-corrected chi connectivity index (χ3v) is 6.49. The highest BCUT2D eigenvalue weighted by Crippen LogP contribution is 2.40. The molecule has 1 atom stereocenters. The van der Waals surface area contributed by atoms with E-state index in [1.807, 2.05) is 59.5 Å². The van der Waals surface area contributed by atoms with Gasteiger partial charge in [0.05, 0.1) is 11.6 Å². The Labute approximate surface area is 171 Å². The quantitative estimate of drug-likeness (QED) is 0.549. The van der Waals surface area contributed by atoms with Crippen LogP contribution in [0.1, 0.15) is 10.9 Å². The molecule has 0 aromatic heterocycles. The number of rotatable bonds is 3. The Morgan fingerprint density at radius 1 is 1.15 bits per heavy atom. The molecule has 0 aliphatic carbocycles. The molecule has 2 amide bonds. The third kappa shape index (κ3) is 3.77. The van der Waals surface area contributed by atoms with Crippen LogP contribution in [0.15, 0.2) is 65.1 Å². The fraction of sp³-hybridized carbons (Fsp3) is 0.190. The van der Waals surface area contributed by atoms with Crippen molar-refractivity contribution in [3.8, 4) is 5.75 Å². The number of thioether (sulfide) groups is 1. The molecule has 4 rings (SSSR count). The molecule has 1 fully saturated rings. The number of fused-ring (bicyclic) bond motifs is 1. The van der Waals surface area contributed by atoms with Crippen molar-refractivity contribution < 1.29 is 9.53 Å². The number of urea groups is 1. The number of nitrogens with zero attached hydrogens (tertiary/aromatic N) is 1. The molecule has 0 bridgehead atoms. The zero-order valence-corrected chi connectivity index (χ0v) is 17.2. The van der Waals surface area contributed by atoms with Crippen LogP contribution in [0.2, 0.25) is 0 Å². The van der Waals surface area contributed by atoms with Gasteiger partial charge in [0.1, 0.15) is 11.1 Å². The van der Waals surface area contributed by atoms with Gasteiger partial charge >= 0.3 is 6.03 Å². The van der Waals surface area contributed by atoms with E-state index in [1.165, 1.54) is 0 Å². The normalized spacial score (nSPS) is 16.5. The van der Waals surface area contributed by atoms with Crippen LogP contribution in [0.4, 0.5) is 10.5 Å². The fourth-order valence-electron chi connectivity index (χ4n) is 3.25. The molecule has 0 radical (unpaired) electrons. The number of hydrogen-bond acceptors (Lipinski definition) is 3. The number of carbonyl (C=O) groups is 1. The Morgan fingerprint density at radius 2 is 1.96 bits per heavy atom. The first-order chi connectivity index (χ1) is 13.2. The molecule has 27 heavy (non-hydrogen) atoms. The molecule has 1 heterocycles. The van der Waals surface area contributed by atoms with Gasteiger partial charge in [-0.15, -0.1) is 11.8 Å². The molecule has 1 unspecified atom stereocenters. The number of carbonyl (C=O) groups excluding carboxylic acids is 1. The Hall–Kier alpha value is -2.18. The summed E-state index contributed by atoms with van der Waals surface area (Å²) >= 11 is 5.31. The van der Waals surface area contributed by atoms with Gasteiger partial charge in [-0.3, -0.25) is 0 Å². The van der Waals surface area contributed by atoms with Crippen LogP contribution in [0.5, 0.6) is 5.75 Å². The number of hydrogen-bond donors (Lipinski definition) is 1. The fourth-order valence-corrected chi connectivity index (χ4v) is 5.06. The number of amides is 2. The zero-order valence-electron chi connectivity index (χ0n) is 14.8. The monoisotopic (exact) mass is 442 g/mol. The van der Waals surface area contributed by atoms with Gasteiger partial charge in [-0.1, -0.05) is 36.4 Å². The maximum atomic E-state index is 12.9. The Balaban J connectivity index is 1.54. The summed E-state index contributed by atoms with van der Waals surface area (Å²) in [5.41, 5.74) is 1.89. The van der Waals surface area contributed by atoms with Gasteiger partial charge < -0.3 is 15.0 Å². The SMILES string of the molecule is COc1ccc(C2SCCN2C(=O)Nc2ccc3ccccc3c2)cc1Br. The van der Waals surface area contributed by atoms with E-state index in [4.69, 9.17) is 4.74 Å². The molecule has 1 aliphatic heterocycles. The largest absolute Gasteiger partial charge is 0.496 e. The number of nitrogens with one attached hydrogen (secondary N) is 1. The van der Waals surface area contributed by atoms with Crippen LogP contribution in [-0.4, -0.2) is 30.3 Å². The molecule has 1 saturated heterocycles. The lowest BCUT2D eigenvalue weighted by Crippen LogP contribution is -2.34. The van der Waals surface area contributed by atoms with Crippen molar-refractivity contribution in [2.45, 2.75) is 5.37 Å². The standard InChI is InChI=1S/C21H19BrN2O2S/c1-26-19-9-7-16(13-18(19)22)20-24(10-11-27-20)21(25)23-17-8-6-14-4-2-3-5-15(14)12-17/h2-9,12-13,20H,10-11H2,1H3,(H,23,25). The maximum Gasteiger partial charge on any atom is 0.323 e. The van der Waals surface area contributed by atoms with Crippen molar-refractivity contribution in [1.29, 1.82) is 0 Å². The van der Waals surface area contributed by atoms with Crippen molar-refractivity contribution in [2.75, 3.05) is 24.7 Å². The van der Waals surface area contributed by atoms with Crippen LogP contribution in [0.3, 0.4) is 0 Å². The lowest BCUT2D eigenvalue weighted by Gasteiger charge is -2.25. The van der Waals surface area contributed by atoms with E-state index in [0.29, 0.717) is 0 Å². The highest BCUT2D eigenvalue weighted by atomic mass is 79.9. The lowest BCUT2D eigenvalue weighted by atomic mass is 10.1. The van der Waals surface area contributed by atoms with Gasteiger partial charge in [-0.2, -0.15) is 0 Å². The second kappa shape index (κ2) is 7.82. The predicted molar refractivity (Wildman–Crippen MR) is 116 cm³/mol. The van der Waals surface area contributed by atoms with Gasteiger partial charge in [-0.25, -0.2) is 4.79 Å². The topological polar surface area (TPSA) is 41.6 Å². The van der Waals surface area contributed by atoms with Crippen LogP contribution in [0.25, 0.3) is 10.8 Å². The summed E-state index contributed by atoms with van der Waals surface area (Å²) in [5.74, 6) is 1.70. The van der Waals surface area contributed by atoms with Crippen molar-refractivity contribution >= 4 is 50.2 Å². The lowest BCUT2D eigenvalue weighted by molar-refractivity contribution is 0.214. The van der Waals surface area contributed by atoms with E-state index < -0.39 is 0 Å². The minimum atomic E-state index is -0.0766. The minimum Gasteiger partial charge on any atom is -0.496 e. The highest BCUT2D eigenvalue weighted by Gasteiger charge is 2.31. The summed E-state index contributed by atoms with van der Waals surface area (Å²) in [4.78, 5) is 14.8. The average molecular weight is 443 g/mol.